The highest BCUT2D eigenvalue weighted by Gasteiger charge is 2.34. The molecule has 0 aliphatic carbocycles. The van der Waals surface area contributed by atoms with E-state index in [9.17, 15) is 18.0 Å². The van der Waals surface area contributed by atoms with Crippen molar-refractivity contribution in [1.29, 1.82) is 0 Å². The van der Waals surface area contributed by atoms with Crippen molar-refractivity contribution in [2.24, 2.45) is 0 Å². The minimum Gasteiger partial charge on any atom is -0.350 e. The van der Waals surface area contributed by atoms with E-state index in [1.165, 1.54) is 17.0 Å². The minimum absolute atomic E-state index is 0.00631. The lowest BCUT2D eigenvalue weighted by atomic mass is 10.0. The summed E-state index contributed by atoms with van der Waals surface area (Å²) in [6.45, 7) is 4.89. The zero-order valence-corrected chi connectivity index (χ0v) is 26.8. The van der Waals surface area contributed by atoms with Gasteiger partial charge in [0.15, 0.2) is 0 Å². The van der Waals surface area contributed by atoms with Gasteiger partial charge in [0.1, 0.15) is 12.6 Å². The Morgan fingerprint density at radius 1 is 0.854 bits per heavy atom. The summed E-state index contributed by atoms with van der Waals surface area (Å²) in [5, 5.41) is 3.67. The van der Waals surface area contributed by atoms with Gasteiger partial charge in [-0.2, -0.15) is 0 Å². The summed E-state index contributed by atoms with van der Waals surface area (Å²) in [6, 6.07) is 17.7. The number of hydrogen-bond donors (Lipinski definition) is 1. The molecule has 0 saturated heterocycles. The predicted molar refractivity (Wildman–Crippen MR) is 167 cm³/mol. The molecule has 3 aromatic carbocycles. The molecule has 0 aliphatic rings. The SMILES string of the molecule is CC(C)(C)NC(=O)[C@@H](Cc1ccccc1)N(Cc1ccc(Cl)cc1)C(=O)CN(c1cc(Cl)c(Cl)cc1Cl)S(C)(=O)=O. The molecule has 1 N–H and O–H groups in total. The maximum absolute atomic E-state index is 14.1. The second-order valence-corrected chi connectivity index (χ2v) is 14.1. The summed E-state index contributed by atoms with van der Waals surface area (Å²) in [5.74, 6) is -1.01. The van der Waals surface area contributed by atoms with Crippen LogP contribution in [0.1, 0.15) is 31.9 Å². The molecule has 0 unspecified atom stereocenters. The van der Waals surface area contributed by atoms with Gasteiger partial charge in [-0.05, 0) is 56.2 Å². The molecule has 7 nitrogen and oxygen atoms in total. The number of nitrogens with one attached hydrogen (secondary N) is 1. The van der Waals surface area contributed by atoms with E-state index in [0.29, 0.717) is 10.6 Å². The van der Waals surface area contributed by atoms with E-state index in [1.807, 2.05) is 51.1 Å². The fourth-order valence-corrected chi connectivity index (χ4v) is 5.76. The van der Waals surface area contributed by atoms with Crippen molar-refractivity contribution < 1.29 is 18.0 Å². The van der Waals surface area contributed by atoms with Crippen LogP contribution in [-0.4, -0.2) is 49.5 Å². The highest BCUT2D eigenvalue weighted by Crippen LogP contribution is 2.35. The van der Waals surface area contributed by atoms with Gasteiger partial charge < -0.3 is 10.2 Å². The quantitative estimate of drug-likeness (QED) is 0.248. The van der Waals surface area contributed by atoms with Crippen LogP contribution >= 0.6 is 46.4 Å². The normalized spacial score (nSPS) is 12.5. The zero-order valence-electron chi connectivity index (χ0n) is 23.0. The molecular weight excluding hydrogens is 628 g/mol. The van der Waals surface area contributed by atoms with E-state index in [2.05, 4.69) is 5.32 Å². The molecule has 3 rings (SSSR count). The van der Waals surface area contributed by atoms with E-state index < -0.39 is 34.1 Å². The number of nitrogens with zero attached hydrogens (tertiary/aromatic N) is 2. The second kappa shape index (κ2) is 13.7. The second-order valence-electron chi connectivity index (χ2n) is 10.6. The van der Waals surface area contributed by atoms with Gasteiger partial charge in [0.05, 0.1) is 27.0 Å². The Labute approximate surface area is 261 Å². The van der Waals surface area contributed by atoms with Gasteiger partial charge in [-0.3, -0.25) is 13.9 Å². The average molecular weight is 659 g/mol. The van der Waals surface area contributed by atoms with Crippen LogP contribution in [0.25, 0.3) is 0 Å². The first kappa shape index (κ1) is 33.0. The number of rotatable bonds is 10. The molecule has 3 aromatic rings. The molecule has 0 bridgehead atoms. The number of amides is 2. The summed E-state index contributed by atoms with van der Waals surface area (Å²) in [7, 11) is -4.03. The number of benzene rings is 3. The van der Waals surface area contributed by atoms with Gasteiger partial charge >= 0.3 is 0 Å². The van der Waals surface area contributed by atoms with Gasteiger partial charge in [-0.15, -0.1) is 0 Å². The molecule has 0 heterocycles. The van der Waals surface area contributed by atoms with Crippen molar-refractivity contribution in [1.82, 2.24) is 10.2 Å². The van der Waals surface area contributed by atoms with Gasteiger partial charge in [-0.1, -0.05) is 88.9 Å². The monoisotopic (exact) mass is 657 g/mol. The Balaban J connectivity index is 2.11. The van der Waals surface area contributed by atoms with E-state index in [4.69, 9.17) is 46.4 Å². The first-order valence-electron chi connectivity index (χ1n) is 12.6. The topological polar surface area (TPSA) is 86.8 Å². The zero-order chi connectivity index (χ0) is 30.5. The Morgan fingerprint density at radius 3 is 2.00 bits per heavy atom. The summed E-state index contributed by atoms with van der Waals surface area (Å²) < 4.78 is 26.7. The smallest absolute Gasteiger partial charge is 0.244 e. The van der Waals surface area contributed by atoms with Crippen LogP contribution in [0.5, 0.6) is 0 Å². The number of anilines is 1. The lowest BCUT2D eigenvalue weighted by Crippen LogP contribution is -2.56. The molecule has 0 spiro atoms. The third-order valence-electron chi connectivity index (χ3n) is 5.97. The van der Waals surface area contributed by atoms with Gasteiger partial charge in [-0.25, -0.2) is 8.42 Å². The third kappa shape index (κ3) is 9.51. The third-order valence-corrected chi connectivity index (χ3v) is 8.38. The van der Waals surface area contributed by atoms with Crippen LogP contribution in [0.15, 0.2) is 66.7 Å². The summed E-state index contributed by atoms with van der Waals surface area (Å²) in [5.41, 5.74) is 0.917. The van der Waals surface area contributed by atoms with Gasteiger partial charge in [0.2, 0.25) is 21.8 Å². The molecule has 41 heavy (non-hydrogen) atoms. The molecule has 0 radical (unpaired) electrons. The number of hydrogen-bond acceptors (Lipinski definition) is 4. The maximum atomic E-state index is 14.1. The summed E-state index contributed by atoms with van der Waals surface area (Å²) in [4.78, 5) is 29.2. The lowest BCUT2D eigenvalue weighted by molar-refractivity contribution is -0.140. The van der Waals surface area contributed by atoms with Crippen LogP contribution in [0.4, 0.5) is 5.69 Å². The standard InChI is InChI=1S/C29H31Cl4N3O4S/c1-29(2,3)34-28(38)26(14-19-8-6-5-7-9-19)35(17-20-10-12-21(30)13-11-20)27(37)18-36(41(4,39)40)25-16-23(32)22(31)15-24(25)33/h5-13,15-16,26H,14,17-18H2,1-4H3,(H,34,38)/t26-/m1/s1. The summed E-state index contributed by atoms with van der Waals surface area (Å²) in [6.07, 6.45) is 1.14. The van der Waals surface area contributed by atoms with Crippen LogP contribution in [0, 0.1) is 0 Å². The summed E-state index contributed by atoms with van der Waals surface area (Å²) >= 11 is 24.7. The van der Waals surface area contributed by atoms with Crippen molar-refractivity contribution in [3.8, 4) is 0 Å². The molecule has 1 atom stereocenters. The Bertz CT molecular complexity index is 1490. The van der Waals surface area contributed by atoms with Gasteiger partial charge in [0.25, 0.3) is 0 Å². The molecule has 2 amide bonds. The van der Waals surface area contributed by atoms with E-state index in [0.717, 1.165) is 16.1 Å². The molecule has 0 fully saturated rings. The molecular formula is C29H31Cl4N3O4S. The maximum Gasteiger partial charge on any atom is 0.244 e. The van der Waals surface area contributed by atoms with Crippen molar-refractivity contribution in [3.05, 3.63) is 97.9 Å². The van der Waals surface area contributed by atoms with E-state index in [1.54, 1.807) is 24.3 Å². The fourth-order valence-electron chi connectivity index (χ4n) is 4.09. The van der Waals surface area contributed by atoms with E-state index >= 15 is 0 Å². The highest BCUT2D eigenvalue weighted by molar-refractivity contribution is 7.92. The lowest BCUT2D eigenvalue weighted by Gasteiger charge is -2.35. The fraction of sp³-hybridized carbons (Fsp3) is 0.310. The first-order chi connectivity index (χ1) is 19.0. The van der Waals surface area contributed by atoms with Crippen LogP contribution < -0.4 is 9.62 Å². The van der Waals surface area contributed by atoms with Crippen molar-refractivity contribution >= 4 is 73.9 Å². The van der Waals surface area contributed by atoms with Crippen molar-refractivity contribution in [2.75, 3.05) is 17.1 Å². The molecule has 0 saturated carbocycles. The van der Waals surface area contributed by atoms with Crippen molar-refractivity contribution in [2.45, 2.75) is 45.3 Å². The largest absolute Gasteiger partial charge is 0.350 e. The Hall–Kier alpha value is -2.49. The molecule has 220 valence electrons. The molecule has 0 aromatic heterocycles. The number of sulfonamides is 1. The highest BCUT2D eigenvalue weighted by atomic mass is 35.5. The minimum atomic E-state index is -4.03. The first-order valence-corrected chi connectivity index (χ1v) is 15.9. The van der Waals surface area contributed by atoms with Crippen LogP contribution in [0.3, 0.4) is 0 Å². The molecule has 0 aliphatic heterocycles. The van der Waals surface area contributed by atoms with E-state index in [-0.39, 0.29) is 39.6 Å². The van der Waals surface area contributed by atoms with Crippen LogP contribution in [-0.2, 0) is 32.6 Å². The van der Waals surface area contributed by atoms with Gasteiger partial charge in [0, 0.05) is 23.5 Å². The number of carbonyl (C=O) groups is 2. The predicted octanol–water partition coefficient (Wildman–Crippen LogP) is 6.62. The molecule has 12 heteroatoms. The Kier molecular flexibility index (Phi) is 11.0. The number of halogens is 4. The average Bonchev–Trinajstić information content (AvgIpc) is 2.87. The Morgan fingerprint density at radius 2 is 1.44 bits per heavy atom. The van der Waals surface area contributed by atoms with Crippen molar-refractivity contribution in [3.63, 3.8) is 0 Å². The van der Waals surface area contributed by atoms with Crippen LogP contribution in [0.2, 0.25) is 20.1 Å². The number of carbonyl (C=O) groups excluding carboxylic acids is 2.